The number of methoxy groups -OCH3 is 1. The molecule has 5 nitrogen and oxygen atoms in total. The van der Waals surface area contributed by atoms with Crippen LogP contribution in [0.3, 0.4) is 0 Å². The molecule has 3 rings (SSSR count). The first-order valence-corrected chi connectivity index (χ1v) is 6.71. The van der Waals surface area contributed by atoms with E-state index in [1.54, 1.807) is 32.0 Å². The van der Waals surface area contributed by atoms with Gasteiger partial charge in [-0.15, -0.1) is 0 Å². The summed E-state index contributed by atoms with van der Waals surface area (Å²) in [7, 11) is 1.48. The lowest BCUT2D eigenvalue weighted by Crippen LogP contribution is -2.29. The van der Waals surface area contributed by atoms with E-state index in [0.29, 0.717) is 22.1 Å². The Labute approximate surface area is 121 Å². The van der Waals surface area contributed by atoms with Gasteiger partial charge in [0, 0.05) is 10.9 Å². The second-order valence-electron chi connectivity index (χ2n) is 5.15. The van der Waals surface area contributed by atoms with Crippen LogP contribution in [0.5, 0.6) is 17.2 Å². The minimum atomic E-state index is -0.652. The van der Waals surface area contributed by atoms with Gasteiger partial charge in [0.15, 0.2) is 5.78 Å². The molecule has 0 radical (unpaired) electrons. The van der Waals surface area contributed by atoms with Gasteiger partial charge in [-0.3, -0.25) is 4.79 Å². The van der Waals surface area contributed by atoms with Crippen molar-refractivity contribution in [2.45, 2.75) is 26.1 Å². The van der Waals surface area contributed by atoms with E-state index in [4.69, 9.17) is 9.47 Å². The van der Waals surface area contributed by atoms with E-state index in [1.807, 2.05) is 0 Å². The molecule has 1 aliphatic rings. The molecular weight excluding hydrogens is 272 g/mol. The average Bonchev–Trinajstić information content (AvgIpc) is 2.47. The molecule has 2 aromatic rings. The van der Waals surface area contributed by atoms with E-state index in [1.165, 1.54) is 7.11 Å². The third-order valence-corrected chi connectivity index (χ3v) is 3.93. The molecule has 5 heteroatoms. The van der Waals surface area contributed by atoms with Crippen LogP contribution in [0.2, 0.25) is 0 Å². The van der Waals surface area contributed by atoms with Gasteiger partial charge in [-0.25, -0.2) is 0 Å². The number of phenolic OH excluding ortho intramolecular Hbond substituents is 2. The zero-order chi connectivity index (χ0) is 15.3. The number of carbonyl (C=O) groups excluding carboxylic acids is 1. The lowest BCUT2D eigenvalue weighted by molar-refractivity contribution is 0.00187. The van der Waals surface area contributed by atoms with E-state index in [2.05, 4.69) is 0 Å². The number of rotatable bonds is 1. The number of fused-ring (bicyclic) bond motifs is 2. The number of phenols is 2. The number of ether oxygens (including phenoxy) is 2. The third kappa shape index (κ3) is 1.77. The van der Waals surface area contributed by atoms with Crippen molar-refractivity contribution in [2.24, 2.45) is 0 Å². The lowest BCUT2D eigenvalue weighted by atomic mass is 9.88. The molecule has 0 aromatic heterocycles. The van der Waals surface area contributed by atoms with Crippen molar-refractivity contribution < 1.29 is 24.5 Å². The van der Waals surface area contributed by atoms with E-state index in [-0.39, 0.29) is 22.8 Å². The zero-order valence-electron chi connectivity index (χ0n) is 12.0. The number of hydrogen-bond acceptors (Lipinski definition) is 5. The standard InChI is InChI=1S/C16H16O5/c1-7-11-13(14(17)8(2)21-7)15(18)9-5-4-6-10(20-3)12(9)16(11)19/h4-8,18-19H,1-3H3/t7-,8-/m1/s1. The monoisotopic (exact) mass is 288 g/mol. The van der Waals surface area contributed by atoms with Crippen LogP contribution in [0.15, 0.2) is 18.2 Å². The molecule has 0 fully saturated rings. The molecule has 110 valence electrons. The quantitative estimate of drug-likeness (QED) is 0.789. The number of benzene rings is 2. The van der Waals surface area contributed by atoms with E-state index >= 15 is 0 Å². The van der Waals surface area contributed by atoms with Gasteiger partial charge in [0.1, 0.15) is 23.4 Å². The van der Waals surface area contributed by atoms with Crippen LogP contribution in [0.4, 0.5) is 0 Å². The van der Waals surface area contributed by atoms with Gasteiger partial charge in [-0.2, -0.15) is 0 Å². The first-order chi connectivity index (χ1) is 9.97. The van der Waals surface area contributed by atoms with Gasteiger partial charge in [0.25, 0.3) is 0 Å². The van der Waals surface area contributed by atoms with Crippen molar-refractivity contribution in [1.29, 1.82) is 0 Å². The topological polar surface area (TPSA) is 76.0 Å². The minimum Gasteiger partial charge on any atom is -0.507 e. The van der Waals surface area contributed by atoms with Crippen molar-refractivity contribution in [3.05, 3.63) is 29.3 Å². The molecule has 0 bridgehead atoms. The van der Waals surface area contributed by atoms with Gasteiger partial charge < -0.3 is 19.7 Å². The highest BCUT2D eigenvalue weighted by Crippen LogP contribution is 2.48. The summed E-state index contributed by atoms with van der Waals surface area (Å²) >= 11 is 0. The van der Waals surface area contributed by atoms with Gasteiger partial charge >= 0.3 is 0 Å². The van der Waals surface area contributed by atoms with Crippen LogP contribution in [0.25, 0.3) is 10.8 Å². The van der Waals surface area contributed by atoms with E-state index in [0.717, 1.165) is 0 Å². The molecule has 0 amide bonds. The van der Waals surface area contributed by atoms with Crippen LogP contribution in [-0.4, -0.2) is 29.2 Å². The predicted octanol–water partition coefficient (Wildman–Crippen LogP) is 2.92. The number of carbonyl (C=O) groups is 1. The first-order valence-electron chi connectivity index (χ1n) is 6.71. The summed E-state index contributed by atoms with van der Waals surface area (Å²) in [6.07, 6.45) is -1.14. The van der Waals surface area contributed by atoms with Crippen molar-refractivity contribution in [3.63, 3.8) is 0 Å². The van der Waals surface area contributed by atoms with Gasteiger partial charge in [-0.1, -0.05) is 12.1 Å². The molecule has 0 unspecified atom stereocenters. The Morgan fingerprint density at radius 3 is 2.52 bits per heavy atom. The fraction of sp³-hybridized carbons (Fsp3) is 0.312. The first kappa shape index (κ1) is 13.7. The van der Waals surface area contributed by atoms with Crippen LogP contribution in [0, 0.1) is 0 Å². The molecule has 0 aliphatic carbocycles. The number of Topliss-reactive ketones (excluding diaryl/α,β-unsaturated/α-hetero) is 1. The molecule has 21 heavy (non-hydrogen) atoms. The highest BCUT2D eigenvalue weighted by molar-refractivity contribution is 6.12. The van der Waals surface area contributed by atoms with Crippen molar-refractivity contribution in [2.75, 3.05) is 7.11 Å². The minimum absolute atomic E-state index is 0.0806. The van der Waals surface area contributed by atoms with Gasteiger partial charge in [0.05, 0.1) is 24.2 Å². The Balaban J connectivity index is 2.49. The molecule has 0 saturated heterocycles. The van der Waals surface area contributed by atoms with E-state index < -0.39 is 12.2 Å². The lowest BCUT2D eigenvalue weighted by Gasteiger charge is -2.29. The van der Waals surface area contributed by atoms with Crippen LogP contribution in [0.1, 0.15) is 35.9 Å². The number of aromatic hydroxyl groups is 2. The number of ketones is 1. The molecule has 2 atom stereocenters. The Morgan fingerprint density at radius 1 is 1.14 bits per heavy atom. The largest absolute Gasteiger partial charge is 0.507 e. The summed E-state index contributed by atoms with van der Waals surface area (Å²) in [5, 5.41) is 21.9. The average molecular weight is 288 g/mol. The Morgan fingerprint density at radius 2 is 1.86 bits per heavy atom. The second kappa shape index (κ2) is 4.63. The fourth-order valence-electron chi connectivity index (χ4n) is 2.94. The maximum atomic E-state index is 12.3. The SMILES string of the molecule is COc1cccc2c(O)c3c(c(O)c12)[C@@H](C)O[C@H](C)C3=O. The van der Waals surface area contributed by atoms with Crippen molar-refractivity contribution >= 4 is 16.6 Å². The zero-order valence-corrected chi connectivity index (χ0v) is 12.0. The highest BCUT2D eigenvalue weighted by Gasteiger charge is 2.36. The summed E-state index contributed by atoms with van der Waals surface area (Å²) < 4.78 is 10.8. The Bertz CT molecular complexity index is 750. The summed E-state index contributed by atoms with van der Waals surface area (Å²) in [6.45, 7) is 3.37. The smallest absolute Gasteiger partial charge is 0.195 e. The van der Waals surface area contributed by atoms with Crippen molar-refractivity contribution in [3.8, 4) is 17.2 Å². The van der Waals surface area contributed by atoms with Crippen LogP contribution < -0.4 is 4.74 Å². The normalized spacial score (nSPS) is 21.4. The Hall–Kier alpha value is -2.27. The molecular formula is C16H16O5. The summed E-state index contributed by atoms with van der Waals surface area (Å²) in [5.74, 6) is -0.117. The maximum absolute atomic E-state index is 12.3. The molecule has 2 aromatic carbocycles. The molecule has 2 N–H and O–H groups in total. The highest BCUT2D eigenvalue weighted by atomic mass is 16.5. The van der Waals surface area contributed by atoms with Crippen LogP contribution >= 0.6 is 0 Å². The summed E-state index contributed by atoms with van der Waals surface area (Å²) in [4.78, 5) is 12.3. The Kier molecular flexibility index (Phi) is 3.02. The number of hydrogen-bond donors (Lipinski definition) is 2. The molecule has 0 saturated carbocycles. The molecule has 1 aliphatic heterocycles. The maximum Gasteiger partial charge on any atom is 0.195 e. The predicted molar refractivity (Wildman–Crippen MR) is 77.1 cm³/mol. The van der Waals surface area contributed by atoms with Gasteiger partial charge in [0.2, 0.25) is 0 Å². The molecule has 0 spiro atoms. The molecule has 1 heterocycles. The summed E-state index contributed by atoms with van der Waals surface area (Å²) in [6, 6.07) is 5.03. The fourth-order valence-corrected chi connectivity index (χ4v) is 2.94. The van der Waals surface area contributed by atoms with Gasteiger partial charge in [-0.05, 0) is 19.9 Å². The van der Waals surface area contributed by atoms with E-state index in [9.17, 15) is 15.0 Å². The summed E-state index contributed by atoms with van der Waals surface area (Å²) in [5.41, 5.74) is 0.451. The second-order valence-corrected chi connectivity index (χ2v) is 5.15. The third-order valence-electron chi connectivity index (χ3n) is 3.93. The van der Waals surface area contributed by atoms with Crippen LogP contribution in [-0.2, 0) is 4.74 Å². The van der Waals surface area contributed by atoms with Crippen molar-refractivity contribution in [1.82, 2.24) is 0 Å².